The number of carbonyl (C=O) groups excluding carboxylic acids is 3. The Morgan fingerprint density at radius 2 is 1.77 bits per heavy atom. The molecule has 1 heterocycles. The van der Waals surface area contributed by atoms with Gasteiger partial charge in [-0.2, -0.15) is 0 Å². The lowest BCUT2D eigenvalue weighted by Crippen LogP contribution is -2.49. The summed E-state index contributed by atoms with van der Waals surface area (Å²) in [6.07, 6.45) is 2.58. The predicted octanol–water partition coefficient (Wildman–Crippen LogP) is 5.74. The fraction of sp³-hybridized carbons (Fsp3) is 0.710. The van der Waals surface area contributed by atoms with E-state index < -0.39 is 25.8 Å². The van der Waals surface area contributed by atoms with Gasteiger partial charge >= 0.3 is 12.1 Å². The quantitative estimate of drug-likeness (QED) is 0.230. The van der Waals surface area contributed by atoms with Crippen molar-refractivity contribution in [2.75, 3.05) is 6.61 Å². The van der Waals surface area contributed by atoms with Crippen molar-refractivity contribution in [2.45, 2.75) is 129 Å². The van der Waals surface area contributed by atoms with Gasteiger partial charge in [0.25, 0.3) is 0 Å². The third-order valence-electron chi connectivity index (χ3n) is 7.39. The summed E-state index contributed by atoms with van der Waals surface area (Å²) in [6.45, 7) is 19.0. The van der Waals surface area contributed by atoms with Crippen LogP contribution in [0.1, 0.15) is 72.8 Å². The molecule has 0 saturated carbocycles. The fourth-order valence-corrected chi connectivity index (χ4v) is 6.12. The number of benzene rings is 1. The van der Waals surface area contributed by atoms with Crippen LogP contribution in [0, 0.1) is 5.92 Å². The van der Waals surface area contributed by atoms with Crippen molar-refractivity contribution in [3.05, 3.63) is 35.9 Å². The minimum Gasteiger partial charge on any atom is -0.459 e. The lowest BCUT2D eigenvalue weighted by Gasteiger charge is -2.36. The third kappa shape index (κ3) is 11.6. The molecule has 1 fully saturated rings. The van der Waals surface area contributed by atoms with Gasteiger partial charge in [-0.25, -0.2) is 4.79 Å². The van der Waals surface area contributed by atoms with Gasteiger partial charge in [-0.1, -0.05) is 63.3 Å². The van der Waals surface area contributed by atoms with Crippen molar-refractivity contribution in [3.8, 4) is 0 Å². The molecule has 2 amide bonds. The second-order valence-corrected chi connectivity index (χ2v) is 19.1. The number of carbonyl (C=O) groups is 3. The predicted molar refractivity (Wildman–Crippen MR) is 163 cm³/mol. The molecule has 1 aliphatic heterocycles. The number of ether oxygens (including phenoxy) is 2. The van der Waals surface area contributed by atoms with E-state index in [1.165, 1.54) is 6.92 Å². The molecule has 0 radical (unpaired) electrons. The molecule has 1 aliphatic rings. The van der Waals surface area contributed by atoms with E-state index in [2.05, 4.69) is 54.2 Å². The first-order chi connectivity index (χ1) is 18.6. The highest BCUT2D eigenvalue weighted by atomic mass is 28.3. The summed E-state index contributed by atoms with van der Waals surface area (Å²) >= 11 is 0. The summed E-state index contributed by atoms with van der Waals surface area (Å²) in [5.41, 5.74) is 0.457. The van der Waals surface area contributed by atoms with Crippen LogP contribution >= 0.6 is 0 Å². The molecule has 0 aliphatic carbocycles. The molecule has 2 rings (SSSR count). The highest BCUT2D eigenvalue weighted by Crippen LogP contribution is 2.34. The van der Waals surface area contributed by atoms with Crippen molar-refractivity contribution < 1.29 is 23.9 Å². The Balaban J connectivity index is 2.41. The van der Waals surface area contributed by atoms with Crippen LogP contribution in [0.2, 0.25) is 25.7 Å². The number of amides is 2. The Kier molecular flexibility index (Phi) is 12.7. The summed E-state index contributed by atoms with van der Waals surface area (Å²) in [4.78, 5) is 40.6. The molecule has 2 unspecified atom stereocenters. The average Bonchev–Trinajstić information content (AvgIpc) is 3.13. The van der Waals surface area contributed by atoms with E-state index in [0.717, 1.165) is 24.4 Å². The summed E-state index contributed by atoms with van der Waals surface area (Å²) in [7, 11) is -1.35. The topological polar surface area (TPSA) is 97.0 Å². The number of likely N-dealkylation sites (tertiary alicyclic amines) is 1. The van der Waals surface area contributed by atoms with Gasteiger partial charge in [0, 0.05) is 39.7 Å². The number of nitrogens with one attached hydrogen (secondary N) is 2. The molecule has 1 saturated heterocycles. The summed E-state index contributed by atoms with van der Waals surface area (Å²) in [5.74, 6) is -0.179. The highest BCUT2D eigenvalue weighted by molar-refractivity contribution is 6.76. The molecule has 0 aromatic heterocycles. The lowest BCUT2D eigenvalue weighted by atomic mass is 9.87. The number of esters is 1. The first kappa shape index (κ1) is 33.8. The standard InChI is InChI=1S/C31H53N3O5Si/c1-10-14-25(22(2)32-23(3)35)19-27-26(33-30(37)38-17-18-40(7,8)9)20-28(29(36)39-31(4,5)6)34(27)21-24-15-12-11-13-16-24/h11-13,15-16,22,25-28H,10,14,17-21H2,1-9H3,(H,32,35)(H,33,37)/t22?,25?,26-,27+,28-/m1/s1. The molecule has 9 heteroatoms. The Morgan fingerprint density at radius 3 is 2.33 bits per heavy atom. The van der Waals surface area contributed by atoms with Crippen LogP contribution in [0.25, 0.3) is 0 Å². The number of hydrogen-bond donors (Lipinski definition) is 2. The monoisotopic (exact) mass is 575 g/mol. The average molecular weight is 576 g/mol. The molecule has 0 spiro atoms. The highest BCUT2D eigenvalue weighted by Gasteiger charge is 2.47. The molecule has 1 aromatic carbocycles. The Hall–Kier alpha value is -2.39. The zero-order valence-corrected chi connectivity index (χ0v) is 27.2. The van der Waals surface area contributed by atoms with Gasteiger partial charge in [0.2, 0.25) is 5.91 Å². The molecule has 8 nitrogen and oxygen atoms in total. The number of hydrogen-bond acceptors (Lipinski definition) is 6. The van der Waals surface area contributed by atoms with E-state index in [1.54, 1.807) is 0 Å². The first-order valence-electron chi connectivity index (χ1n) is 14.8. The Morgan fingerprint density at radius 1 is 1.12 bits per heavy atom. The third-order valence-corrected chi connectivity index (χ3v) is 9.09. The van der Waals surface area contributed by atoms with Crippen LogP contribution < -0.4 is 10.6 Å². The van der Waals surface area contributed by atoms with Gasteiger partial charge in [0.05, 0.1) is 6.61 Å². The van der Waals surface area contributed by atoms with E-state index in [4.69, 9.17) is 9.47 Å². The molecule has 5 atom stereocenters. The van der Waals surface area contributed by atoms with Crippen molar-refractivity contribution in [1.82, 2.24) is 15.5 Å². The molecule has 1 aromatic rings. The maximum atomic E-state index is 13.6. The molecule has 40 heavy (non-hydrogen) atoms. The maximum Gasteiger partial charge on any atom is 0.407 e. The van der Waals surface area contributed by atoms with Crippen LogP contribution in [0.15, 0.2) is 30.3 Å². The number of alkyl carbamates (subject to hydrolysis) is 1. The Bertz CT molecular complexity index is 960. The van der Waals surface area contributed by atoms with E-state index in [9.17, 15) is 14.4 Å². The summed E-state index contributed by atoms with van der Waals surface area (Å²) in [6, 6.07) is 9.96. The van der Waals surface area contributed by atoms with Crippen LogP contribution in [0.4, 0.5) is 4.79 Å². The molecule has 2 N–H and O–H groups in total. The first-order valence-corrected chi connectivity index (χ1v) is 18.5. The van der Waals surface area contributed by atoms with Crippen molar-refractivity contribution in [2.24, 2.45) is 5.92 Å². The molecule has 0 bridgehead atoms. The lowest BCUT2D eigenvalue weighted by molar-refractivity contribution is -0.161. The van der Waals surface area contributed by atoms with Gasteiger partial charge in [-0.05, 0) is 64.5 Å². The summed E-state index contributed by atoms with van der Waals surface area (Å²) in [5, 5.41) is 6.19. The van der Waals surface area contributed by atoms with E-state index in [-0.39, 0.29) is 35.9 Å². The zero-order chi connectivity index (χ0) is 30.1. The van der Waals surface area contributed by atoms with Crippen molar-refractivity contribution in [3.63, 3.8) is 0 Å². The number of rotatable bonds is 13. The smallest absolute Gasteiger partial charge is 0.407 e. The molecule has 226 valence electrons. The fourth-order valence-electron chi connectivity index (χ4n) is 5.41. The van der Waals surface area contributed by atoms with Crippen LogP contribution in [-0.2, 0) is 25.6 Å². The second-order valence-electron chi connectivity index (χ2n) is 13.5. The van der Waals surface area contributed by atoms with Gasteiger partial charge < -0.3 is 20.1 Å². The van der Waals surface area contributed by atoms with Gasteiger partial charge in [-0.15, -0.1) is 0 Å². The largest absolute Gasteiger partial charge is 0.459 e. The van der Waals surface area contributed by atoms with E-state index in [0.29, 0.717) is 26.0 Å². The molecular formula is C31H53N3O5Si. The van der Waals surface area contributed by atoms with Gasteiger partial charge in [-0.3, -0.25) is 14.5 Å². The minimum absolute atomic E-state index is 0.0408. The summed E-state index contributed by atoms with van der Waals surface area (Å²) < 4.78 is 11.5. The normalized spacial score (nSPS) is 21.4. The SMILES string of the molecule is CCCC(C[C@H]1[C@H](NC(=O)OCC[Si](C)(C)C)C[C@H](C(=O)OC(C)(C)C)N1Cc1ccccc1)C(C)NC(C)=O. The maximum absolute atomic E-state index is 13.6. The van der Waals surface area contributed by atoms with E-state index >= 15 is 0 Å². The van der Waals surface area contributed by atoms with Gasteiger partial charge in [0.1, 0.15) is 11.6 Å². The van der Waals surface area contributed by atoms with Gasteiger partial charge in [0.15, 0.2) is 0 Å². The van der Waals surface area contributed by atoms with Crippen LogP contribution in [0.5, 0.6) is 0 Å². The number of nitrogens with zero attached hydrogens (tertiary/aromatic N) is 1. The van der Waals surface area contributed by atoms with Crippen LogP contribution in [-0.4, -0.2) is 67.3 Å². The Labute approximate surface area is 243 Å². The zero-order valence-electron chi connectivity index (χ0n) is 26.2. The second kappa shape index (κ2) is 15.0. The minimum atomic E-state index is -1.35. The van der Waals surface area contributed by atoms with Crippen molar-refractivity contribution in [1.29, 1.82) is 0 Å². The van der Waals surface area contributed by atoms with Crippen molar-refractivity contribution >= 4 is 26.0 Å². The van der Waals surface area contributed by atoms with E-state index in [1.807, 2.05) is 45.9 Å². The van der Waals surface area contributed by atoms with Crippen LogP contribution in [0.3, 0.4) is 0 Å². The molecular weight excluding hydrogens is 522 g/mol.